The largest absolute Gasteiger partial charge is 0.444 e. The first-order chi connectivity index (χ1) is 14.2. The molecule has 7 heteroatoms. The molecule has 1 amide bonds. The van der Waals surface area contributed by atoms with Crippen LogP contribution in [0.2, 0.25) is 0 Å². The molecule has 0 spiro atoms. The average Bonchev–Trinajstić information content (AvgIpc) is 2.66. The van der Waals surface area contributed by atoms with Crippen molar-refractivity contribution in [2.24, 2.45) is 0 Å². The van der Waals surface area contributed by atoms with E-state index in [0.29, 0.717) is 31.0 Å². The van der Waals surface area contributed by atoms with Gasteiger partial charge in [0.25, 0.3) is 0 Å². The fourth-order valence-corrected chi connectivity index (χ4v) is 3.42. The summed E-state index contributed by atoms with van der Waals surface area (Å²) in [7, 11) is 0. The Bertz CT molecular complexity index is 850. The number of ether oxygens (including phenoxy) is 1. The zero-order valence-corrected chi connectivity index (χ0v) is 17.7. The molecule has 1 aliphatic rings. The van der Waals surface area contributed by atoms with E-state index in [4.69, 9.17) is 4.74 Å². The Morgan fingerprint density at radius 2 is 1.60 bits per heavy atom. The van der Waals surface area contributed by atoms with Gasteiger partial charge in [0, 0.05) is 31.0 Å². The van der Waals surface area contributed by atoms with E-state index in [1.165, 1.54) is 12.1 Å². The Balaban J connectivity index is 1.60. The summed E-state index contributed by atoms with van der Waals surface area (Å²) in [6.07, 6.45) is 2.52. The van der Waals surface area contributed by atoms with E-state index in [1.54, 1.807) is 37.8 Å². The van der Waals surface area contributed by atoms with Crippen LogP contribution in [-0.2, 0) is 11.3 Å². The van der Waals surface area contributed by atoms with E-state index >= 15 is 0 Å². The van der Waals surface area contributed by atoms with Crippen LogP contribution in [0.5, 0.6) is 0 Å². The van der Waals surface area contributed by atoms with Crippen LogP contribution < -0.4 is 15.5 Å². The van der Waals surface area contributed by atoms with Gasteiger partial charge >= 0.3 is 6.09 Å². The summed E-state index contributed by atoms with van der Waals surface area (Å²) in [5, 5.41) is 5.72. The Labute approximate surface area is 176 Å². The fourth-order valence-electron chi connectivity index (χ4n) is 3.42. The molecule has 2 aromatic carbocycles. The topological polar surface area (TPSA) is 53.6 Å². The van der Waals surface area contributed by atoms with Crippen molar-refractivity contribution in [3.63, 3.8) is 0 Å². The van der Waals surface area contributed by atoms with Gasteiger partial charge in [-0.15, -0.1) is 0 Å². The van der Waals surface area contributed by atoms with Crippen LogP contribution in [0.4, 0.5) is 30.6 Å². The number of nitrogens with one attached hydrogen (secondary N) is 2. The lowest BCUT2D eigenvalue weighted by molar-refractivity contribution is 0.0523. The summed E-state index contributed by atoms with van der Waals surface area (Å²) < 4.78 is 34.4. The van der Waals surface area contributed by atoms with E-state index in [0.717, 1.165) is 24.8 Å². The smallest absolute Gasteiger partial charge is 0.407 e. The van der Waals surface area contributed by atoms with Crippen LogP contribution in [0, 0.1) is 11.6 Å². The van der Waals surface area contributed by atoms with Gasteiger partial charge in [-0.2, -0.15) is 0 Å². The first kappa shape index (κ1) is 21.9. The quantitative estimate of drug-likeness (QED) is 0.653. The Kier molecular flexibility index (Phi) is 6.80. The van der Waals surface area contributed by atoms with Crippen LogP contribution in [0.1, 0.15) is 45.6 Å². The Hall–Kier alpha value is -2.83. The van der Waals surface area contributed by atoms with Crippen molar-refractivity contribution in [2.75, 3.05) is 23.3 Å². The number of carbonyl (C=O) groups excluding carboxylic acids is 1. The lowest BCUT2D eigenvalue weighted by Crippen LogP contribution is -2.32. The second kappa shape index (κ2) is 9.32. The lowest BCUT2D eigenvalue weighted by atomic mass is 10.1. The van der Waals surface area contributed by atoms with Gasteiger partial charge < -0.3 is 20.3 Å². The Morgan fingerprint density at radius 1 is 1.00 bits per heavy atom. The van der Waals surface area contributed by atoms with Crippen molar-refractivity contribution >= 4 is 23.2 Å². The molecule has 1 saturated heterocycles. The van der Waals surface area contributed by atoms with E-state index in [2.05, 4.69) is 10.6 Å². The third kappa shape index (κ3) is 6.08. The zero-order chi connectivity index (χ0) is 21.7. The third-order valence-corrected chi connectivity index (χ3v) is 4.77. The number of halogens is 2. The first-order valence-corrected chi connectivity index (χ1v) is 10.3. The predicted octanol–water partition coefficient (Wildman–Crippen LogP) is 5.72. The average molecular weight is 418 g/mol. The summed E-state index contributed by atoms with van der Waals surface area (Å²) in [5.41, 5.74) is 1.44. The van der Waals surface area contributed by atoms with Crippen molar-refractivity contribution in [3.8, 4) is 0 Å². The van der Waals surface area contributed by atoms with E-state index < -0.39 is 23.3 Å². The molecule has 2 N–H and O–H groups in total. The molecule has 1 fully saturated rings. The van der Waals surface area contributed by atoms with Gasteiger partial charge in [-0.3, -0.25) is 0 Å². The number of hydrogen-bond donors (Lipinski definition) is 2. The van der Waals surface area contributed by atoms with Gasteiger partial charge in [-0.25, -0.2) is 13.6 Å². The van der Waals surface area contributed by atoms with Gasteiger partial charge in [0.05, 0.1) is 0 Å². The van der Waals surface area contributed by atoms with Crippen LogP contribution in [-0.4, -0.2) is 24.8 Å². The number of benzene rings is 2. The molecule has 0 radical (unpaired) electrons. The normalized spacial score (nSPS) is 14.4. The molecule has 162 valence electrons. The molecule has 0 atom stereocenters. The Morgan fingerprint density at radius 3 is 2.17 bits per heavy atom. The monoisotopic (exact) mass is 417 g/mol. The van der Waals surface area contributed by atoms with Gasteiger partial charge in [0.1, 0.15) is 11.3 Å². The highest BCUT2D eigenvalue weighted by molar-refractivity contribution is 5.68. The highest BCUT2D eigenvalue weighted by Gasteiger charge is 2.20. The maximum Gasteiger partial charge on any atom is 0.407 e. The molecule has 3 rings (SSSR count). The van der Waals surface area contributed by atoms with Crippen LogP contribution in [0.15, 0.2) is 36.4 Å². The molecule has 0 aromatic heterocycles. The molecule has 0 aliphatic carbocycles. The van der Waals surface area contributed by atoms with E-state index in [-0.39, 0.29) is 5.69 Å². The third-order valence-electron chi connectivity index (χ3n) is 4.77. The van der Waals surface area contributed by atoms with Crippen LogP contribution in [0.3, 0.4) is 0 Å². The number of hydrogen-bond acceptors (Lipinski definition) is 4. The number of rotatable bonds is 5. The maximum absolute atomic E-state index is 14.6. The minimum atomic E-state index is -0.558. The highest BCUT2D eigenvalue weighted by Crippen LogP contribution is 2.30. The lowest BCUT2D eigenvalue weighted by Gasteiger charge is -2.29. The highest BCUT2D eigenvalue weighted by atomic mass is 19.1. The number of nitrogens with zero attached hydrogens (tertiary/aromatic N) is 1. The predicted molar refractivity (Wildman–Crippen MR) is 115 cm³/mol. The maximum atomic E-state index is 14.6. The zero-order valence-electron chi connectivity index (χ0n) is 17.7. The van der Waals surface area contributed by atoms with E-state index in [1.807, 2.05) is 12.1 Å². The fraction of sp³-hybridized carbons (Fsp3) is 0.435. The SMILES string of the molecule is CC(C)(C)OC(=O)NCc1ccc(Nc2cc(F)c(N3CCCCC3)c(F)c2)cc1. The van der Waals surface area contributed by atoms with Gasteiger partial charge in [-0.05, 0) is 69.9 Å². The molecule has 0 bridgehead atoms. The van der Waals surface area contributed by atoms with Crippen molar-refractivity contribution in [3.05, 3.63) is 53.6 Å². The second-order valence-corrected chi connectivity index (χ2v) is 8.51. The summed E-state index contributed by atoms with van der Waals surface area (Å²) >= 11 is 0. The molecule has 1 aliphatic heterocycles. The van der Waals surface area contributed by atoms with Crippen molar-refractivity contribution in [1.29, 1.82) is 0 Å². The molecular formula is C23H29F2N3O2. The summed E-state index contributed by atoms with van der Waals surface area (Å²) in [5.74, 6) is -1.12. The van der Waals surface area contributed by atoms with Gasteiger partial charge in [0.2, 0.25) is 0 Å². The molecule has 30 heavy (non-hydrogen) atoms. The van der Waals surface area contributed by atoms with E-state index in [9.17, 15) is 13.6 Å². The molecule has 0 saturated carbocycles. The standard InChI is InChI=1S/C23H29F2N3O2/c1-23(2,3)30-22(29)26-15-16-7-9-17(10-8-16)27-18-13-19(24)21(20(25)14-18)28-11-5-4-6-12-28/h7-10,13-14,27H,4-6,11-12,15H2,1-3H3,(H,26,29). The van der Waals surface area contributed by atoms with Gasteiger partial charge in [-0.1, -0.05) is 12.1 Å². The number of carbonyl (C=O) groups is 1. The van der Waals surface area contributed by atoms with Crippen molar-refractivity contribution in [2.45, 2.75) is 52.2 Å². The molecule has 5 nitrogen and oxygen atoms in total. The molecule has 0 unspecified atom stereocenters. The van der Waals surface area contributed by atoms with Crippen LogP contribution >= 0.6 is 0 Å². The number of anilines is 3. The summed E-state index contributed by atoms with van der Waals surface area (Å²) in [4.78, 5) is 13.5. The second-order valence-electron chi connectivity index (χ2n) is 8.51. The number of alkyl carbamates (subject to hydrolysis) is 1. The molecule has 1 heterocycles. The molecular weight excluding hydrogens is 388 g/mol. The minimum Gasteiger partial charge on any atom is -0.444 e. The minimum absolute atomic E-state index is 0.0591. The van der Waals surface area contributed by atoms with Gasteiger partial charge in [0.15, 0.2) is 11.6 Å². The summed E-state index contributed by atoms with van der Waals surface area (Å²) in [6.45, 7) is 7.09. The van der Waals surface area contributed by atoms with Crippen molar-refractivity contribution in [1.82, 2.24) is 5.32 Å². The first-order valence-electron chi connectivity index (χ1n) is 10.3. The number of amides is 1. The summed E-state index contributed by atoms with van der Waals surface area (Å²) in [6, 6.07) is 9.89. The number of piperidine rings is 1. The van der Waals surface area contributed by atoms with Crippen LogP contribution in [0.25, 0.3) is 0 Å². The van der Waals surface area contributed by atoms with Crippen molar-refractivity contribution < 1.29 is 18.3 Å². The molecule has 2 aromatic rings.